The highest BCUT2D eigenvalue weighted by molar-refractivity contribution is 7.81. The van der Waals surface area contributed by atoms with Gasteiger partial charge in [0.1, 0.15) is 5.75 Å². The first-order valence-corrected chi connectivity index (χ1v) is 7.68. The third-order valence-electron chi connectivity index (χ3n) is 2.98. The van der Waals surface area contributed by atoms with Crippen LogP contribution in [-0.2, 0) is 0 Å². The molecular formula is C17H18OS2. The Morgan fingerprint density at radius 2 is 1.85 bits per heavy atom. The highest BCUT2D eigenvalue weighted by Gasteiger charge is 2.10. The van der Waals surface area contributed by atoms with Gasteiger partial charge < -0.3 is 4.74 Å². The Bertz CT molecular complexity index is 644. The van der Waals surface area contributed by atoms with Crippen LogP contribution in [0.5, 0.6) is 5.75 Å². The molecule has 0 amide bonds. The summed E-state index contributed by atoms with van der Waals surface area (Å²) in [5, 5.41) is 0. The van der Waals surface area contributed by atoms with Crippen molar-refractivity contribution < 1.29 is 4.74 Å². The second kappa shape index (κ2) is 6.33. The van der Waals surface area contributed by atoms with E-state index in [9.17, 15) is 0 Å². The normalized spacial score (nSPS) is 10.2. The number of hydrogen-bond donors (Lipinski definition) is 0. The smallest absolute Gasteiger partial charge is 0.118 e. The molecule has 1 aromatic heterocycles. The van der Waals surface area contributed by atoms with Gasteiger partial charge in [-0.05, 0) is 62.2 Å². The van der Waals surface area contributed by atoms with Crippen molar-refractivity contribution in [2.45, 2.75) is 20.8 Å². The number of thiophene rings is 1. The molecule has 0 radical (unpaired) electrons. The molecule has 0 aliphatic heterocycles. The number of allylic oxidation sites excluding steroid dienone is 1. The van der Waals surface area contributed by atoms with Gasteiger partial charge in [-0.25, -0.2) is 0 Å². The lowest BCUT2D eigenvalue weighted by Crippen LogP contribution is -1.96. The van der Waals surface area contributed by atoms with Crippen molar-refractivity contribution in [3.05, 3.63) is 56.8 Å². The Morgan fingerprint density at radius 1 is 1.20 bits per heavy atom. The molecule has 0 spiro atoms. The quantitative estimate of drug-likeness (QED) is 0.563. The van der Waals surface area contributed by atoms with Gasteiger partial charge in [-0.3, -0.25) is 0 Å². The van der Waals surface area contributed by atoms with Crippen molar-refractivity contribution in [3.8, 4) is 5.75 Å². The predicted octanol–water partition coefficient (Wildman–Crippen LogP) is 5.25. The Labute approximate surface area is 129 Å². The van der Waals surface area contributed by atoms with Crippen LogP contribution in [-0.4, -0.2) is 12.0 Å². The van der Waals surface area contributed by atoms with E-state index < -0.39 is 0 Å². The van der Waals surface area contributed by atoms with Crippen LogP contribution in [0.1, 0.15) is 34.7 Å². The third kappa shape index (κ3) is 3.35. The van der Waals surface area contributed by atoms with E-state index in [1.54, 1.807) is 18.4 Å². The van der Waals surface area contributed by atoms with E-state index in [0.29, 0.717) is 0 Å². The zero-order valence-corrected chi connectivity index (χ0v) is 13.8. The molecule has 0 fully saturated rings. The van der Waals surface area contributed by atoms with Gasteiger partial charge in [-0.1, -0.05) is 23.9 Å². The molecular weight excluding hydrogens is 284 g/mol. The number of methoxy groups -OCH3 is 1. The summed E-state index contributed by atoms with van der Waals surface area (Å²) in [6.45, 7) is 6.36. The molecule has 0 atom stereocenters. The minimum Gasteiger partial charge on any atom is -0.497 e. The summed E-state index contributed by atoms with van der Waals surface area (Å²) < 4.78 is 5.17. The lowest BCUT2D eigenvalue weighted by atomic mass is 10.1. The van der Waals surface area contributed by atoms with Gasteiger partial charge in [0.15, 0.2) is 0 Å². The molecule has 0 saturated carbocycles. The molecule has 1 nitrogen and oxygen atoms in total. The van der Waals surface area contributed by atoms with Crippen molar-refractivity contribution >= 4 is 34.5 Å². The second-order valence-corrected chi connectivity index (χ2v) is 6.57. The molecule has 0 bridgehead atoms. The van der Waals surface area contributed by atoms with Crippen LogP contribution in [0.25, 0.3) is 6.08 Å². The third-order valence-corrected chi connectivity index (χ3v) is 4.64. The molecule has 0 aliphatic carbocycles. The van der Waals surface area contributed by atoms with Crippen molar-refractivity contribution in [1.29, 1.82) is 0 Å². The Balaban J connectivity index is 2.31. The average molecular weight is 302 g/mol. The lowest BCUT2D eigenvalue weighted by Gasteiger charge is -2.03. The predicted molar refractivity (Wildman–Crippen MR) is 92.2 cm³/mol. The van der Waals surface area contributed by atoms with Gasteiger partial charge in [0, 0.05) is 9.75 Å². The summed E-state index contributed by atoms with van der Waals surface area (Å²) in [7, 11) is 1.67. The highest BCUT2D eigenvalue weighted by Crippen LogP contribution is 2.27. The first kappa shape index (κ1) is 14.9. The summed E-state index contributed by atoms with van der Waals surface area (Å²) in [5.74, 6) is 0.851. The molecule has 3 heteroatoms. The molecule has 20 heavy (non-hydrogen) atoms. The number of rotatable bonds is 4. The SMILES string of the molecule is COc1ccc(C(=S)c2cc(C=C(C)C)c(C)s2)cc1. The van der Waals surface area contributed by atoms with Gasteiger partial charge >= 0.3 is 0 Å². The zero-order valence-electron chi connectivity index (χ0n) is 12.2. The summed E-state index contributed by atoms with van der Waals surface area (Å²) in [6, 6.07) is 10.1. The van der Waals surface area contributed by atoms with Gasteiger partial charge in [-0.2, -0.15) is 0 Å². The largest absolute Gasteiger partial charge is 0.497 e. The topological polar surface area (TPSA) is 9.23 Å². The maximum absolute atomic E-state index is 5.60. The van der Waals surface area contributed by atoms with Gasteiger partial charge in [0.25, 0.3) is 0 Å². The standard InChI is InChI=1S/C17H18OS2/c1-11(2)9-14-10-16(20-12(14)3)17(19)13-5-7-15(18-4)8-6-13/h5-10H,1-4H3. The van der Waals surface area contributed by atoms with E-state index in [1.165, 1.54) is 16.0 Å². The lowest BCUT2D eigenvalue weighted by molar-refractivity contribution is 0.415. The first-order valence-electron chi connectivity index (χ1n) is 6.45. The molecule has 0 aliphatic rings. The first-order chi connectivity index (χ1) is 9.51. The van der Waals surface area contributed by atoms with Crippen LogP contribution in [0.15, 0.2) is 35.9 Å². The van der Waals surface area contributed by atoms with Crippen molar-refractivity contribution in [2.24, 2.45) is 0 Å². The Kier molecular flexibility index (Phi) is 4.73. The van der Waals surface area contributed by atoms with E-state index in [1.807, 2.05) is 24.3 Å². The van der Waals surface area contributed by atoms with Crippen molar-refractivity contribution in [1.82, 2.24) is 0 Å². The number of thiocarbonyl (C=S) groups is 1. The van der Waals surface area contributed by atoms with Crippen LogP contribution < -0.4 is 4.74 Å². The number of hydrogen-bond acceptors (Lipinski definition) is 3. The summed E-state index contributed by atoms with van der Waals surface area (Å²) in [5.41, 5.74) is 3.62. The van der Waals surface area contributed by atoms with E-state index in [2.05, 4.69) is 32.9 Å². The van der Waals surface area contributed by atoms with E-state index in [0.717, 1.165) is 21.1 Å². The molecule has 2 aromatic rings. The average Bonchev–Trinajstić information content (AvgIpc) is 2.79. The minimum absolute atomic E-state index is 0.851. The molecule has 0 N–H and O–H groups in total. The summed E-state index contributed by atoms with van der Waals surface area (Å²) in [6.07, 6.45) is 2.20. The molecule has 1 heterocycles. The summed E-state index contributed by atoms with van der Waals surface area (Å²) >= 11 is 7.35. The molecule has 0 saturated heterocycles. The van der Waals surface area contributed by atoms with Crippen LogP contribution in [0, 0.1) is 6.92 Å². The highest BCUT2D eigenvalue weighted by atomic mass is 32.1. The Morgan fingerprint density at radius 3 is 2.40 bits per heavy atom. The fourth-order valence-electron chi connectivity index (χ4n) is 1.95. The van der Waals surface area contributed by atoms with Crippen LogP contribution >= 0.6 is 23.6 Å². The molecule has 1 aromatic carbocycles. The van der Waals surface area contributed by atoms with E-state index in [-0.39, 0.29) is 0 Å². The molecule has 2 rings (SSSR count). The zero-order chi connectivity index (χ0) is 14.7. The van der Waals surface area contributed by atoms with E-state index >= 15 is 0 Å². The van der Waals surface area contributed by atoms with Gasteiger partial charge in [0.05, 0.1) is 12.0 Å². The minimum atomic E-state index is 0.851. The second-order valence-electron chi connectivity index (χ2n) is 4.90. The maximum Gasteiger partial charge on any atom is 0.118 e. The molecule has 104 valence electrons. The van der Waals surface area contributed by atoms with Crippen molar-refractivity contribution in [2.75, 3.05) is 7.11 Å². The Hall–Kier alpha value is -1.45. The van der Waals surface area contributed by atoms with Crippen LogP contribution in [0.2, 0.25) is 0 Å². The fourth-order valence-corrected chi connectivity index (χ4v) is 3.23. The molecule has 0 unspecified atom stereocenters. The summed E-state index contributed by atoms with van der Waals surface area (Å²) in [4.78, 5) is 3.35. The van der Waals surface area contributed by atoms with E-state index in [4.69, 9.17) is 17.0 Å². The number of benzene rings is 1. The number of aryl methyl sites for hydroxylation is 1. The van der Waals surface area contributed by atoms with Gasteiger partial charge in [-0.15, -0.1) is 11.3 Å². The maximum atomic E-state index is 5.60. The van der Waals surface area contributed by atoms with Crippen LogP contribution in [0.3, 0.4) is 0 Å². The number of ether oxygens (including phenoxy) is 1. The van der Waals surface area contributed by atoms with Gasteiger partial charge in [0.2, 0.25) is 0 Å². The monoisotopic (exact) mass is 302 g/mol. The fraction of sp³-hybridized carbons (Fsp3) is 0.235. The van der Waals surface area contributed by atoms with Crippen LogP contribution in [0.4, 0.5) is 0 Å². The van der Waals surface area contributed by atoms with Crippen molar-refractivity contribution in [3.63, 3.8) is 0 Å².